The van der Waals surface area contributed by atoms with E-state index in [2.05, 4.69) is 24.5 Å². The van der Waals surface area contributed by atoms with E-state index in [4.69, 9.17) is 11.6 Å². The van der Waals surface area contributed by atoms with Gasteiger partial charge in [0.1, 0.15) is 0 Å². The van der Waals surface area contributed by atoms with Gasteiger partial charge in [0.15, 0.2) is 0 Å². The van der Waals surface area contributed by atoms with E-state index in [1.54, 1.807) is 12.1 Å². The van der Waals surface area contributed by atoms with Crippen molar-refractivity contribution >= 4 is 29.1 Å². The standard InChI is InChI=1S/C21H25ClN2O2/c1-13(2)18-7-5-6-14(3)21(18)24-20(26)12-19(23-15(4)25)16-8-10-17(22)11-9-16/h5-11,13,19H,12H2,1-4H3,(H,23,25)(H,24,26). The third-order valence-electron chi connectivity index (χ3n) is 4.23. The van der Waals surface area contributed by atoms with Gasteiger partial charge in [0.2, 0.25) is 11.8 Å². The van der Waals surface area contributed by atoms with Crippen LogP contribution in [0.2, 0.25) is 5.02 Å². The van der Waals surface area contributed by atoms with Gasteiger partial charge in [-0.05, 0) is 41.7 Å². The number of aryl methyl sites for hydroxylation is 1. The molecule has 0 aliphatic carbocycles. The van der Waals surface area contributed by atoms with E-state index in [0.29, 0.717) is 10.9 Å². The van der Waals surface area contributed by atoms with Crippen LogP contribution in [0.1, 0.15) is 55.8 Å². The van der Waals surface area contributed by atoms with E-state index < -0.39 is 6.04 Å². The zero-order chi connectivity index (χ0) is 19.3. The molecule has 0 spiro atoms. The molecule has 0 saturated carbocycles. The Morgan fingerprint density at radius 1 is 1.08 bits per heavy atom. The van der Waals surface area contributed by atoms with Gasteiger partial charge in [-0.15, -0.1) is 0 Å². The molecular weight excluding hydrogens is 348 g/mol. The zero-order valence-electron chi connectivity index (χ0n) is 15.6. The smallest absolute Gasteiger partial charge is 0.226 e. The third kappa shape index (κ3) is 5.33. The molecule has 0 saturated heterocycles. The SMILES string of the molecule is CC(=O)NC(CC(=O)Nc1c(C)cccc1C(C)C)c1ccc(Cl)cc1. The molecule has 0 aromatic heterocycles. The summed E-state index contributed by atoms with van der Waals surface area (Å²) in [6.45, 7) is 7.61. The Kier molecular flexibility index (Phi) is 6.81. The summed E-state index contributed by atoms with van der Waals surface area (Å²) in [5.74, 6) is -0.0287. The third-order valence-corrected chi connectivity index (χ3v) is 4.48. The second-order valence-electron chi connectivity index (χ2n) is 6.75. The Hall–Kier alpha value is -2.33. The maximum absolute atomic E-state index is 12.7. The van der Waals surface area contributed by atoms with E-state index >= 15 is 0 Å². The monoisotopic (exact) mass is 372 g/mol. The molecule has 0 fully saturated rings. The van der Waals surface area contributed by atoms with Crippen LogP contribution in [0.25, 0.3) is 0 Å². The average molecular weight is 373 g/mol. The molecule has 4 nitrogen and oxygen atoms in total. The molecule has 1 atom stereocenters. The lowest BCUT2D eigenvalue weighted by Gasteiger charge is -2.20. The molecule has 0 aliphatic heterocycles. The van der Waals surface area contributed by atoms with Crippen molar-refractivity contribution in [2.45, 2.75) is 46.1 Å². The molecule has 0 heterocycles. The Labute approximate surface area is 159 Å². The van der Waals surface area contributed by atoms with Crippen LogP contribution in [-0.4, -0.2) is 11.8 Å². The highest BCUT2D eigenvalue weighted by molar-refractivity contribution is 6.30. The van der Waals surface area contributed by atoms with Crippen molar-refractivity contribution < 1.29 is 9.59 Å². The minimum atomic E-state index is -0.406. The van der Waals surface area contributed by atoms with E-state index in [-0.39, 0.29) is 18.2 Å². The minimum absolute atomic E-state index is 0.144. The van der Waals surface area contributed by atoms with E-state index in [1.165, 1.54) is 6.92 Å². The van der Waals surface area contributed by atoms with Crippen LogP contribution >= 0.6 is 11.6 Å². The Morgan fingerprint density at radius 3 is 2.31 bits per heavy atom. The van der Waals surface area contributed by atoms with Crippen molar-refractivity contribution in [2.75, 3.05) is 5.32 Å². The van der Waals surface area contributed by atoms with Gasteiger partial charge in [-0.3, -0.25) is 9.59 Å². The first-order chi connectivity index (χ1) is 12.3. The number of nitrogens with one attached hydrogen (secondary N) is 2. The van der Waals surface area contributed by atoms with E-state index in [1.807, 2.05) is 37.3 Å². The second-order valence-corrected chi connectivity index (χ2v) is 7.19. The second kappa shape index (κ2) is 8.86. The summed E-state index contributed by atoms with van der Waals surface area (Å²) in [4.78, 5) is 24.2. The predicted octanol–water partition coefficient (Wildman–Crippen LogP) is 4.98. The Bertz CT molecular complexity index is 785. The van der Waals surface area contributed by atoms with Crippen LogP contribution in [0.3, 0.4) is 0 Å². The van der Waals surface area contributed by atoms with Gasteiger partial charge in [0.25, 0.3) is 0 Å². The highest BCUT2D eigenvalue weighted by Gasteiger charge is 2.19. The summed E-state index contributed by atoms with van der Waals surface area (Å²) >= 11 is 5.93. The summed E-state index contributed by atoms with van der Waals surface area (Å²) in [5, 5.41) is 6.48. The summed E-state index contributed by atoms with van der Waals surface area (Å²) < 4.78 is 0. The molecule has 5 heteroatoms. The lowest BCUT2D eigenvalue weighted by Crippen LogP contribution is -2.30. The van der Waals surface area contributed by atoms with Crippen LogP contribution in [0.5, 0.6) is 0 Å². The molecule has 0 bridgehead atoms. The lowest BCUT2D eigenvalue weighted by molar-refractivity contribution is -0.120. The van der Waals surface area contributed by atoms with Crippen LogP contribution < -0.4 is 10.6 Å². The molecule has 26 heavy (non-hydrogen) atoms. The van der Waals surface area contributed by atoms with Crippen LogP contribution in [0, 0.1) is 6.92 Å². The number of amides is 2. The number of halogens is 1. The summed E-state index contributed by atoms with van der Waals surface area (Å²) in [6, 6.07) is 12.7. The highest BCUT2D eigenvalue weighted by Crippen LogP contribution is 2.28. The van der Waals surface area contributed by atoms with Gasteiger partial charge in [-0.2, -0.15) is 0 Å². The number of anilines is 1. The van der Waals surface area contributed by atoms with Gasteiger partial charge < -0.3 is 10.6 Å². The maximum atomic E-state index is 12.7. The Morgan fingerprint density at radius 2 is 1.73 bits per heavy atom. The fourth-order valence-corrected chi connectivity index (χ4v) is 3.04. The van der Waals surface area contributed by atoms with Gasteiger partial charge >= 0.3 is 0 Å². The molecule has 2 aromatic carbocycles. The van der Waals surface area contributed by atoms with Gasteiger partial charge in [-0.1, -0.05) is 55.8 Å². The molecule has 2 aromatic rings. The van der Waals surface area contributed by atoms with E-state index in [0.717, 1.165) is 22.4 Å². The first-order valence-corrected chi connectivity index (χ1v) is 9.07. The maximum Gasteiger partial charge on any atom is 0.226 e. The van der Waals surface area contributed by atoms with Crippen molar-refractivity contribution in [3.63, 3.8) is 0 Å². The Balaban J connectivity index is 2.20. The average Bonchev–Trinajstić information content (AvgIpc) is 2.56. The van der Waals surface area contributed by atoms with Crippen LogP contribution in [0.15, 0.2) is 42.5 Å². The normalized spacial score (nSPS) is 11.9. The number of benzene rings is 2. The van der Waals surface area contributed by atoms with Crippen molar-refractivity contribution in [1.82, 2.24) is 5.32 Å². The zero-order valence-corrected chi connectivity index (χ0v) is 16.4. The van der Waals surface area contributed by atoms with E-state index in [9.17, 15) is 9.59 Å². The quantitative estimate of drug-likeness (QED) is 0.751. The number of carbonyl (C=O) groups is 2. The fourth-order valence-electron chi connectivity index (χ4n) is 2.91. The van der Waals surface area contributed by atoms with Crippen molar-refractivity contribution in [3.8, 4) is 0 Å². The molecular formula is C21H25ClN2O2. The predicted molar refractivity (Wildman–Crippen MR) is 107 cm³/mol. The summed E-state index contributed by atoms with van der Waals surface area (Å²) in [5.41, 5.74) is 3.81. The van der Waals surface area contributed by atoms with Gasteiger partial charge in [-0.25, -0.2) is 0 Å². The first-order valence-electron chi connectivity index (χ1n) is 8.70. The van der Waals surface area contributed by atoms with Gasteiger partial charge in [0.05, 0.1) is 12.5 Å². The molecule has 2 rings (SSSR count). The van der Waals surface area contributed by atoms with Gasteiger partial charge in [0, 0.05) is 17.6 Å². The number of hydrogen-bond acceptors (Lipinski definition) is 2. The molecule has 0 aliphatic rings. The van der Waals surface area contributed by atoms with Crippen molar-refractivity contribution in [2.24, 2.45) is 0 Å². The van der Waals surface area contributed by atoms with Crippen LogP contribution in [-0.2, 0) is 9.59 Å². The molecule has 2 amide bonds. The summed E-state index contributed by atoms with van der Waals surface area (Å²) in [6.07, 6.45) is 0.146. The minimum Gasteiger partial charge on any atom is -0.349 e. The fraction of sp³-hybridized carbons (Fsp3) is 0.333. The molecule has 0 radical (unpaired) electrons. The first kappa shape index (κ1) is 20.0. The van der Waals surface area contributed by atoms with Crippen molar-refractivity contribution in [3.05, 3.63) is 64.2 Å². The molecule has 1 unspecified atom stereocenters. The largest absolute Gasteiger partial charge is 0.349 e. The number of para-hydroxylation sites is 1. The number of carbonyl (C=O) groups excluding carboxylic acids is 2. The number of hydrogen-bond donors (Lipinski definition) is 2. The van der Waals surface area contributed by atoms with Crippen molar-refractivity contribution in [1.29, 1.82) is 0 Å². The highest BCUT2D eigenvalue weighted by atomic mass is 35.5. The topological polar surface area (TPSA) is 58.2 Å². The molecule has 138 valence electrons. The summed E-state index contributed by atoms with van der Waals surface area (Å²) in [7, 11) is 0. The number of rotatable bonds is 6. The van der Waals surface area contributed by atoms with Crippen LogP contribution in [0.4, 0.5) is 5.69 Å². The molecule has 2 N–H and O–H groups in total. The lowest BCUT2D eigenvalue weighted by atomic mass is 9.97.